The van der Waals surface area contributed by atoms with Gasteiger partial charge in [0.15, 0.2) is 0 Å². The van der Waals surface area contributed by atoms with E-state index in [1.54, 1.807) is 0 Å². The molecule has 1 aliphatic heterocycles. The van der Waals surface area contributed by atoms with Gasteiger partial charge in [0.25, 0.3) is 5.91 Å². The van der Waals surface area contributed by atoms with Crippen LogP contribution in [0.5, 0.6) is 0 Å². The van der Waals surface area contributed by atoms with Gasteiger partial charge in [0, 0.05) is 17.7 Å². The minimum absolute atomic E-state index is 0.0265. The maximum Gasteiger partial charge on any atom is 0.416 e. The summed E-state index contributed by atoms with van der Waals surface area (Å²) >= 11 is 6.13. The summed E-state index contributed by atoms with van der Waals surface area (Å²) in [6, 6.07) is 5.44. The quantitative estimate of drug-likeness (QED) is 0.498. The zero-order chi connectivity index (χ0) is 23.5. The zero-order valence-electron chi connectivity index (χ0n) is 17.0. The summed E-state index contributed by atoms with van der Waals surface area (Å²) in [5.74, 6) is -2.19. The predicted octanol–water partition coefficient (Wildman–Crippen LogP) is 5.54. The molecule has 0 spiro atoms. The van der Waals surface area contributed by atoms with Crippen molar-refractivity contribution in [1.29, 1.82) is 0 Å². The van der Waals surface area contributed by atoms with Crippen LogP contribution in [-0.4, -0.2) is 22.5 Å². The number of oxazole rings is 1. The molecule has 1 aromatic heterocycles. The van der Waals surface area contributed by atoms with Gasteiger partial charge in [-0.3, -0.25) is 4.79 Å². The topological polar surface area (TPSA) is 66.6 Å². The van der Waals surface area contributed by atoms with E-state index in [-0.39, 0.29) is 34.6 Å². The smallest absolute Gasteiger partial charge is 0.416 e. The molecule has 172 valence electrons. The Morgan fingerprint density at radius 3 is 2.58 bits per heavy atom. The second kappa shape index (κ2) is 7.56. The lowest BCUT2D eigenvalue weighted by Gasteiger charge is -2.31. The lowest BCUT2D eigenvalue weighted by atomic mass is 9.83. The molecular weight excluding hydrogens is 464 g/mol. The molecule has 5 nitrogen and oxygen atoms in total. The van der Waals surface area contributed by atoms with E-state index in [0.717, 1.165) is 36.3 Å². The number of anilines is 1. The standard InChI is InChI=1S/C23H17ClF4N2O3/c24-15-5-2-6-16(25)19(15)22(32)18-14(23(26,27)28)9-13(20-29-7-8-33-20)10-17(18)30(21(22)31)11-12-3-1-4-12/h2,5-10,12,32H,1,3-4,11H2/t22-/m0/s1. The Hall–Kier alpha value is -2.91. The maximum atomic E-state index is 14.9. The number of benzene rings is 2. The summed E-state index contributed by atoms with van der Waals surface area (Å²) in [4.78, 5) is 18.6. The van der Waals surface area contributed by atoms with Crippen molar-refractivity contribution in [1.82, 2.24) is 4.98 Å². The zero-order valence-corrected chi connectivity index (χ0v) is 17.8. The highest BCUT2D eigenvalue weighted by atomic mass is 35.5. The van der Waals surface area contributed by atoms with Gasteiger partial charge >= 0.3 is 6.18 Å². The molecule has 2 aliphatic rings. The molecule has 3 aromatic rings. The minimum Gasteiger partial charge on any atom is -0.445 e. The Bertz CT molecular complexity index is 1220. The molecule has 0 saturated heterocycles. The average Bonchev–Trinajstić information content (AvgIpc) is 3.31. The van der Waals surface area contributed by atoms with Crippen molar-refractivity contribution in [2.75, 3.05) is 11.4 Å². The van der Waals surface area contributed by atoms with Crippen molar-refractivity contribution in [3.8, 4) is 11.5 Å². The molecule has 1 fully saturated rings. The summed E-state index contributed by atoms with van der Waals surface area (Å²) < 4.78 is 63.0. The van der Waals surface area contributed by atoms with E-state index in [0.29, 0.717) is 0 Å². The van der Waals surface area contributed by atoms with Crippen molar-refractivity contribution in [3.63, 3.8) is 0 Å². The van der Waals surface area contributed by atoms with Crippen molar-refractivity contribution in [2.24, 2.45) is 5.92 Å². The third kappa shape index (κ3) is 3.33. The Labute approximate surface area is 190 Å². The molecule has 1 aliphatic carbocycles. The Morgan fingerprint density at radius 2 is 2.00 bits per heavy atom. The molecule has 2 heterocycles. The molecule has 1 atom stereocenters. The number of halogens is 5. The first-order valence-electron chi connectivity index (χ1n) is 10.3. The van der Waals surface area contributed by atoms with Gasteiger partial charge in [-0.2, -0.15) is 13.2 Å². The van der Waals surface area contributed by atoms with Gasteiger partial charge in [-0.15, -0.1) is 0 Å². The van der Waals surface area contributed by atoms with Gasteiger partial charge in [-0.1, -0.05) is 24.1 Å². The molecule has 1 amide bonds. The van der Waals surface area contributed by atoms with Crippen LogP contribution in [-0.2, 0) is 16.6 Å². The van der Waals surface area contributed by atoms with Crippen molar-refractivity contribution in [3.05, 3.63) is 70.3 Å². The van der Waals surface area contributed by atoms with Crippen LogP contribution in [0.3, 0.4) is 0 Å². The number of rotatable bonds is 4. The van der Waals surface area contributed by atoms with Gasteiger partial charge in [0.1, 0.15) is 12.1 Å². The van der Waals surface area contributed by atoms with E-state index in [9.17, 15) is 27.5 Å². The molecule has 1 saturated carbocycles. The van der Waals surface area contributed by atoms with E-state index < -0.39 is 40.2 Å². The number of aliphatic hydroxyl groups is 1. The summed E-state index contributed by atoms with van der Waals surface area (Å²) in [5, 5.41) is 11.3. The fraction of sp³-hybridized carbons (Fsp3) is 0.304. The first kappa shape index (κ1) is 21.9. The van der Waals surface area contributed by atoms with E-state index in [1.165, 1.54) is 30.7 Å². The van der Waals surface area contributed by atoms with Crippen LogP contribution in [0.25, 0.3) is 11.5 Å². The molecule has 10 heteroatoms. The molecular formula is C23H17ClF4N2O3. The summed E-state index contributed by atoms with van der Waals surface area (Å²) in [6.45, 7) is 0.0898. The van der Waals surface area contributed by atoms with E-state index >= 15 is 0 Å². The molecule has 0 bridgehead atoms. The normalized spacial score (nSPS) is 20.8. The van der Waals surface area contributed by atoms with Crippen LogP contribution in [0.15, 0.2) is 47.2 Å². The first-order chi connectivity index (χ1) is 15.6. The number of carbonyl (C=O) groups is 1. The fourth-order valence-electron chi connectivity index (χ4n) is 4.53. The number of nitrogens with zero attached hydrogens (tertiary/aromatic N) is 2. The van der Waals surface area contributed by atoms with Crippen molar-refractivity contribution < 1.29 is 31.9 Å². The van der Waals surface area contributed by atoms with Crippen LogP contribution >= 0.6 is 11.6 Å². The molecule has 33 heavy (non-hydrogen) atoms. The van der Waals surface area contributed by atoms with Crippen molar-refractivity contribution in [2.45, 2.75) is 31.0 Å². The third-order valence-corrected chi connectivity index (χ3v) is 6.61. The lowest BCUT2D eigenvalue weighted by Crippen LogP contribution is -2.44. The molecule has 0 radical (unpaired) electrons. The number of fused-ring (bicyclic) bond motifs is 1. The van der Waals surface area contributed by atoms with Gasteiger partial charge in [0.2, 0.25) is 11.5 Å². The third-order valence-electron chi connectivity index (χ3n) is 6.30. The molecule has 0 unspecified atom stereocenters. The Balaban J connectivity index is 1.83. The fourth-order valence-corrected chi connectivity index (χ4v) is 4.83. The summed E-state index contributed by atoms with van der Waals surface area (Å²) in [7, 11) is 0. The lowest BCUT2D eigenvalue weighted by molar-refractivity contribution is -0.142. The highest BCUT2D eigenvalue weighted by Gasteiger charge is 2.58. The highest BCUT2D eigenvalue weighted by Crippen LogP contribution is 2.53. The molecule has 2 aromatic carbocycles. The van der Waals surface area contributed by atoms with Gasteiger partial charge in [0.05, 0.1) is 28.0 Å². The van der Waals surface area contributed by atoms with Gasteiger partial charge in [-0.25, -0.2) is 9.37 Å². The minimum atomic E-state index is -4.98. The average molecular weight is 481 g/mol. The summed E-state index contributed by atoms with van der Waals surface area (Å²) in [5.41, 5.74) is -5.90. The second-order valence-corrected chi connectivity index (χ2v) is 8.68. The van der Waals surface area contributed by atoms with E-state index in [2.05, 4.69) is 4.98 Å². The van der Waals surface area contributed by atoms with Crippen molar-refractivity contribution >= 4 is 23.2 Å². The monoisotopic (exact) mass is 480 g/mol. The predicted molar refractivity (Wildman–Crippen MR) is 111 cm³/mol. The Morgan fingerprint density at radius 1 is 1.24 bits per heavy atom. The second-order valence-electron chi connectivity index (χ2n) is 8.27. The molecule has 5 rings (SSSR count). The number of hydrogen-bond acceptors (Lipinski definition) is 4. The first-order valence-corrected chi connectivity index (χ1v) is 10.6. The SMILES string of the molecule is O=C1N(CC2CCC2)c2cc(-c3ncco3)cc(C(F)(F)F)c2[C@]1(O)c1c(F)cccc1Cl. The highest BCUT2D eigenvalue weighted by molar-refractivity contribution is 6.32. The van der Waals surface area contributed by atoms with Crippen LogP contribution in [0, 0.1) is 11.7 Å². The number of amides is 1. The van der Waals surface area contributed by atoms with Crippen LogP contribution in [0.1, 0.15) is 36.0 Å². The largest absolute Gasteiger partial charge is 0.445 e. The van der Waals surface area contributed by atoms with Crippen LogP contribution in [0.2, 0.25) is 5.02 Å². The van der Waals surface area contributed by atoms with Gasteiger partial charge < -0.3 is 14.4 Å². The van der Waals surface area contributed by atoms with Gasteiger partial charge in [-0.05, 0) is 43.0 Å². The number of aromatic nitrogens is 1. The molecule has 1 N–H and O–H groups in total. The summed E-state index contributed by atoms with van der Waals surface area (Å²) in [6.07, 6.45) is 0.0382. The number of alkyl halides is 3. The van der Waals surface area contributed by atoms with E-state index in [1.807, 2.05) is 0 Å². The van der Waals surface area contributed by atoms with Crippen LogP contribution < -0.4 is 4.90 Å². The number of carbonyl (C=O) groups excluding carboxylic acids is 1. The maximum absolute atomic E-state index is 14.9. The van der Waals surface area contributed by atoms with E-state index in [4.69, 9.17) is 16.0 Å². The van der Waals surface area contributed by atoms with Crippen LogP contribution in [0.4, 0.5) is 23.2 Å². The Kier molecular flexibility index (Phi) is 5.02. The number of hydrogen-bond donors (Lipinski definition) is 1.